The smallest absolute Gasteiger partial charge is 0.253 e. The number of nitrogens with one attached hydrogen (secondary N) is 5. The fraction of sp³-hybridized carbons (Fsp3) is 0.762. The predicted octanol–water partition coefficient (Wildman–Crippen LogP) is 10.3. The molecule has 0 saturated heterocycles. The van der Waals surface area contributed by atoms with Crippen LogP contribution in [0.15, 0.2) is 30.4 Å². The number of benzene rings is 1. The monoisotopic (exact) mass is 1120 g/mol. The second-order valence-corrected chi connectivity index (χ2v) is 25.4. The highest BCUT2D eigenvalue weighted by Gasteiger charge is 2.30. The van der Waals surface area contributed by atoms with E-state index in [0.717, 1.165) is 49.8 Å². The lowest BCUT2D eigenvalue weighted by Crippen LogP contribution is -2.47. The van der Waals surface area contributed by atoms with Crippen LogP contribution in [0.4, 0.5) is 0 Å². The van der Waals surface area contributed by atoms with Gasteiger partial charge in [-0.25, -0.2) is 0 Å². The molecule has 1 aromatic carbocycles. The summed E-state index contributed by atoms with van der Waals surface area (Å²) in [4.78, 5) is 91.2. The summed E-state index contributed by atoms with van der Waals surface area (Å²) in [6.07, 6.45) is 20.0. The zero-order valence-electron chi connectivity index (χ0n) is 51.9. The molecule has 0 aliphatic carbocycles. The number of hydrogen-bond donors (Lipinski definition) is 5. The molecule has 1 aromatic rings. The van der Waals surface area contributed by atoms with Crippen LogP contribution in [0.25, 0.3) is 0 Å². The summed E-state index contributed by atoms with van der Waals surface area (Å²) in [5, 5.41) is 15.1. The topological polar surface area (TPSA) is 220 Å². The molecular weight excluding hydrogens is 1020 g/mol. The van der Waals surface area contributed by atoms with Gasteiger partial charge in [-0.15, -0.1) is 0 Å². The minimum Gasteiger partial charge on any atom is -0.492 e. The second kappa shape index (κ2) is 36.6. The molecule has 456 valence electrons. The van der Waals surface area contributed by atoms with Crippen LogP contribution in [0, 0.1) is 16.7 Å². The zero-order valence-corrected chi connectivity index (χ0v) is 51.9. The summed E-state index contributed by atoms with van der Waals surface area (Å²) in [7, 11) is 0. The van der Waals surface area contributed by atoms with Gasteiger partial charge in [0.05, 0.1) is 31.0 Å². The molecular formula is C63H108N6O11. The van der Waals surface area contributed by atoms with Gasteiger partial charge >= 0.3 is 0 Å². The van der Waals surface area contributed by atoms with Gasteiger partial charge in [-0.05, 0) is 104 Å². The van der Waals surface area contributed by atoms with Gasteiger partial charge < -0.3 is 45.5 Å². The van der Waals surface area contributed by atoms with Crippen LogP contribution in [0.3, 0.4) is 0 Å². The lowest BCUT2D eigenvalue weighted by molar-refractivity contribution is -0.137. The molecule has 80 heavy (non-hydrogen) atoms. The predicted molar refractivity (Wildman–Crippen MR) is 317 cm³/mol. The summed E-state index contributed by atoms with van der Waals surface area (Å²) >= 11 is 0. The van der Waals surface area contributed by atoms with Crippen LogP contribution in [0.5, 0.6) is 5.75 Å². The van der Waals surface area contributed by atoms with Gasteiger partial charge in [-0.1, -0.05) is 119 Å². The van der Waals surface area contributed by atoms with Crippen molar-refractivity contribution in [3.63, 3.8) is 0 Å². The van der Waals surface area contributed by atoms with Crippen molar-refractivity contribution in [2.75, 3.05) is 65.8 Å². The largest absolute Gasteiger partial charge is 0.492 e. The van der Waals surface area contributed by atoms with Crippen LogP contribution in [0.1, 0.15) is 233 Å². The Bertz CT molecular complexity index is 2080. The summed E-state index contributed by atoms with van der Waals surface area (Å²) in [5.41, 5.74) is -1.92. The molecule has 5 N–H and O–H groups in total. The Morgan fingerprint density at radius 2 is 1.06 bits per heavy atom. The molecule has 0 bridgehead atoms. The van der Waals surface area contributed by atoms with Crippen LogP contribution >= 0.6 is 0 Å². The van der Waals surface area contributed by atoms with Crippen molar-refractivity contribution in [3.8, 4) is 5.75 Å². The third-order valence-electron chi connectivity index (χ3n) is 14.4. The van der Waals surface area contributed by atoms with Crippen molar-refractivity contribution in [1.29, 1.82) is 0 Å². The van der Waals surface area contributed by atoms with Gasteiger partial charge in [-0.3, -0.25) is 38.5 Å². The molecule has 0 fully saturated rings. The Labute approximate surface area is 482 Å². The van der Waals surface area contributed by atoms with Crippen molar-refractivity contribution in [2.45, 2.75) is 229 Å². The molecule has 0 aromatic heterocycles. The number of carbonyl (C=O) groups is 7. The van der Waals surface area contributed by atoms with Crippen LogP contribution < -0.4 is 31.3 Å². The molecule has 2 rings (SSSR count). The van der Waals surface area contributed by atoms with E-state index in [-0.39, 0.29) is 85.7 Å². The van der Waals surface area contributed by atoms with E-state index >= 15 is 0 Å². The molecule has 0 radical (unpaired) electrons. The normalized spacial score (nSPS) is 13.6. The molecule has 1 heterocycles. The number of unbranched alkanes of at least 4 members (excludes halogenated alkanes) is 9. The van der Waals surface area contributed by atoms with Gasteiger partial charge in [0.1, 0.15) is 12.4 Å². The number of amides is 7. The number of imide groups is 1. The van der Waals surface area contributed by atoms with E-state index in [4.69, 9.17) is 18.9 Å². The van der Waals surface area contributed by atoms with Gasteiger partial charge in [-0.2, -0.15) is 0 Å². The van der Waals surface area contributed by atoms with E-state index in [2.05, 4.69) is 61.2 Å². The average Bonchev–Trinajstić information content (AvgIpc) is 3.69. The van der Waals surface area contributed by atoms with Crippen LogP contribution in [-0.4, -0.2) is 129 Å². The molecule has 0 spiro atoms. The third kappa shape index (κ3) is 31.4. The SMILES string of the molecule is CCCCCCCCC(CCCCCC)C(=O)NC(C)(C)CCOC(C)(C)CCNC(=O)c1cc(OCCNC(=O)CC(C)(C)COCC(C)(C)CNC(=O)CCN2C(=O)C=CC2=O)cc(C(=O)NCCC(C)(C)OCCCC)c1. The van der Waals surface area contributed by atoms with Crippen LogP contribution in [0.2, 0.25) is 0 Å². The summed E-state index contributed by atoms with van der Waals surface area (Å²) in [6, 6.07) is 4.72. The zero-order chi connectivity index (χ0) is 59.8. The quantitative estimate of drug-likeness (QED) is 0.0306. The minimum atomic E-state index is -0.580. The molecule has 1 aliphatic rings. The lowest BCUT2D eigenvalue weighted by Gasteiger charge is -2.31. The third-order valence-corrected chi connectivity index (χ3v) is 14.4. The number of carbonyl (C=O) groups excluding carboxylic acids is 7. The Hall–Kier alpha value is -4.87. The molecule has 0 saturated carbocycles. The fourth-order valence-corrected chi connectivity index (χ4v) is 9.07. The van der Waals surface area contributed by atoms with E-state index in [1.165, 1.54) is 57.1 Å². The maximum absolute atomic E-state index is 13.8. The Morgan fingerprint density at radius 1 is 0.550 bits per heavy atom. The molecule has 7 amide bonds. The van der Waals surface area contributed by atoms with E-state index in [9.17, 15) is 33.6 Å². The lowest BCUT2D eigenvalue weighted by atomic mass is 9.89. The van der Waals surface area contributed by atoms with Gasteiger partial charge in [0, 0.05) is 92.4 Å². The molecule has 1 atom stereocenters. The van der Waals surface area contributed by atoms with Crippen molar-refractivity contribution in [1.82, 2.24) is 31.5 Å². The Kier molecular flexibility index (Phi) is 32.6. The van der Waals surface area contributed by atoms with E-state index in [1.54, 1.807) is 18.2 Å². The number of nitrogens with zero attached hydrogens (tertiary/aromatic N) is 1. The Morgan fingerprint density at radius 3 is 1.62 bits per heavy atom. The average molecular weight is 1130 g/mol. The maximum atomic E-state index is 13.8. The maximum Gasteiger partial charge on any atom is 0.253 e. The summed E-state index contributed by atoms with van der Waals surface area (Å²) in [6.45, 7) is 29.3. The molecule has 1 unspecified atom stereocenters. The minimum absolute atomic E-state index is 0.000313. The summed E-state index contributed by atoms with van der Waals surface area (Å²) < 4.78 is 24.5. The number of hydrogen-bond acceptors (Lipinski definition) is 11. The second-order valence-electron chi connectivity index (χ2n) is 25.4. The number of ether oxygens (including phenoxy) is 4. The van der Waals surface area contributed by atoms with Crippen molar-refractivity contribution in [3.05, 3.63) is 41.5 Å². The van der Waals surface area contributed by atoms with E-state index in [1.807, 2.05) is 55.4 Å². The first-order chi connectivity index (χ1) is 37.6. The van der Waals surface area contributed by atoms with E-state index in [0.29, 0.717) is 64.5 Å². The van der Waals surface area contributed by atoms with Crippen molar-refractivity contribution < 1.29 is 52.5 Å². The molecule has 17 nitrogen and oxygen atoms in total. The summed E-state index contributed by atoms with van der Waals surface area (Å²) in [5.74, 6) is -1.61. The highest BCUT2D eigenvalue weighted by molar-refractivity contribution is 6.13. The van der Waals surface area contributed by atoms with E-state index < -0.39 is 39.4 Å². The van der Waals surface area contributed by atoms with Crippen LogP contribution in [-0.2, 0) is 38.2 Å². The fourth-order valence-electron chi connectivity index (χ4n) is 9.07. The van der Waals surface area contributed by atoms with Crippen molar-refractivity contribution in [2.24, 2.45) is 16.7 Å². The standard InChI is InChI=1S/C63H108N6O11/c1-14-17-20-22-23-25-27-48(26-24-21-18-15-2)58(76)68-61(8,9)33-39-80-63(12,13)32-35-66-57(75)50-41-49(56(74)65-34-31-62(10,11)79-38-19-16-3)42-51(43-50)78-40-36-64-53(71)44-59(4,5)46-77-47-60(6,7)45-67-52(70)30-37-69-54(72)28-29-55(69)73/h28-29,41-43,48H,14-27,30-40,44-47H2,1-13H3,(H,64,71)(H,65,74)(H,66,75)(H,67,70)(H,68,76). The molecule has 1 aliphatic heterocycles. The van der Waals surface area contributed by atoms with Gasteiger partial charge in [0.2, 0.25) is 17.7 Å². The molecule has 17 heteroatoms. The van der Waals surface area contributed by atoms with Crippen molar-refractivity contribution >= 4 is 41.4 Å². The first-order valence-electron chi connectivity index (χ1n) is 30.2. The highest BCUT2D eigenvalue weighted by atomic mass is 16.5. The number of rotatable bonds is 45. The highest BCUT2D eigenvalue weighted by Crippen LogP contribution is 2.26. The first-order valence-corrected chi connectivity index (χ1v) is 30.2. The van der Waals surface area contributed by atoms with Gasteiger partial charge in [0.25, 0.3) is 23.6 Å². The van der Waals surface area contributed by atoms with Gasteiger partial charge in [0.15, 0.2) is 0 Å². The Balaban J connectivity index is 1.98. The first kappa shape index (κ1) is 71.2.